The zero-order valence-corrected chi connectivity index (χ0v) is 30.0. The molecule has 2 N–H and O–H groups in total. The van der Waals surface area contributed by atoms with Crippen molar-refractivity contribution in [3.63, 3.8) is 0 Å². The van der Waals surface area contributed by atoms with Crippen LogP contribution in [0.1, 0.15) is 0 Å². The van der Waals surface area contributed by atoms with Gasteiger partial charge in [-0.05, 0) is 0 Å². The van der Waals surface area contributed by atoms with E-state index in [9.17, 15) is 10.0 Å². The fraction of sp³-hybridized carbons (Fsp3) is 0. The van der Waals surface area contributed by atoms with Crippen LogP contribution in [-0.4, -0.2) is 17.4 Å². The van der Waals surface area contributed by atoms with E-state index in [1.54, 1.807) is 0 Å². The molecule has 0 unspecified atom stereocenters. The number of hydrogen-bond donors (Lipinski definition) is 2. The van der Waals surface area contributed by atoms with Gasteiger partial charge in [0.2, 0.25) is 0 Å². The first-order valence-electron chi connectivity index (χ1n) is 17.8. The second-order valence-corrected chi connectivity index (χ2v) is 17.5. The van der Waals surface area contributed by atoms with Gasteiger partial charge in [-0.2, -0.15) is 0 Å². The van der Waals surface area contributed by atoms with Crippen molar-refractivity contribution in [2.75, 3.05) is 0 Å². The van der Waals surface area contributed by atoms with Crippen LogP contribution in [0.3, 0.4) is 0 Å². The third-order valence-electron chi connectivity index (χ3n) is 10.2. The van der Waals surface area contributed by atoms with Crippen molar-refractivity contribution in [2.45, 2.75) is 0 Å². The van der Waals surface area contributed by atoms with Gasteiger partial charge in [-0.25, -0.2) is 0 Å². The molecule has 8 aromatic rings. The van der Waals surface area contributed by atoms with Crippen molar-refractivity contribution in [3.05, 3.63) is 218 Å². The van der Waals surface area contributed by atoms with Crippen LogP contribution < -0.4 is 21.2 Å². The second kappa shape index (κ2) is 14.6. The Bertz CT molecular complexity index is 2060. The quantitative estimate of drug-likeness (QED) is 0.110. The summed E-state index contributed by atoms with van der Waals surface area (Å²) in [5.74, 6) is 0. The average Bonchev–Trinajstić information content (AvgIpc) is 3.24. The van der Waals surface area contributed by atoms with Crippen LogP contribution in [0.5, 0.6) is 0 Å². The van der Waals surface area contributed by atoms with Crippen LogP contribution in [0.2, 0.25) is 0 Å². The molecule has 0 saturated carbocycles. The fourth-order valence-corrected chi connectivity index (χ4v) is 13.1. The Kier molecular flexibility index (Phi) is 9.45. The minimum absolute atomic E-state index is 0.844. The van der Waals surface area contributed by atoms with E-state index in [0.29, 0.717) is 0 Å². The summed E-state index contributed by atoms with van der Waals surface area (Å²) in [5.41, 5.74) is 8.57. The Balaban J connectivity index is 1.45. The first kappa shape index (κ1) is 34.2. The number of hydrogen-bond acceptors (Lipinski definition) is 3. The third kappa shape index (κ3) is 6.23. The average molecular weight is 705 g/mol. The number of benzene rings is 8. The minimum atomic E-state index is -4.46. The molecule has 53 heavy (non-hydrogen) atoms. The summed E-state index contributed by atoms with van der Waals surface area (Å²) in [5, 5.41) is 25.8. The standard InChI is InChI=1S/C48H38BO3P/c50-49(51)52-53(45-29-21-41(22-30-45)37-13-5-1-6-14-37,46-31-23-42(24-32-46)38-15-7-2-8-16-38,47-33-25-43(26-34-47)39-17-9-3-10-18-39)48-35-27-44(28-36-48)40-19-11-4-12-20-40/h1-36,50-51H. The van der Waals surface area contributed by atoms with Crippen LogP contribution in [-0.2, 0) is 4.44 Å². The first-order chi connectivity index (χ1) is 26.0. The van der Waals surface area contributed by atoms with Gasteiger partial charge in [-0.3, -0.25) is 0 Å². The monoisotopic (exact) mass is 704 g/mol. The molecule has 0 spiro atoms. The summed E-state index contributed by atoms with van der Waals surface area (Å²) >= 11 is 0. The van der Waals surface area contributed by atoms with Crippen molar-refractivity contribution in [2.24, 2.45) is 0 Å². The Labute approximate surface area is 311 Å². The Morgan fingerprint density at radius 3 is 0.642 bits per heavy atom. The molecule has 0 heterocycles. The molecule has 8 aromatic carbocycles. The van der Waals surface area contributed by atoms with E-state index in [1.165, 1.54) is 0 Å². The maximum atomic E-state index is 11.2. The van der Waals surface area contributed by atoms with E-state index < -0.39 is 14.2 Å². The van der Waals surface area contributed by atoms with E-state index in [1.807, 2.05) is 72.8 Å². The first-order valence-corrected chi connectivity index (χ1v) is 19.9. The Morgan fingerprint density at radius 2 is 0.453 bits per heavy atom. The normalized spacial score (nSPS) is 12.1. The molecule has 0 saturated heterocycles. The molecule has 0 bridgehead atoms. The van der Waals surface area contributed by atoms with Crippen molar-refractivity contribution >= 4 is 35.4 Å². The summed E-state index contributed by atoms with van der Waals surface area (Å²) < 4.78 is 6.99. The molecule has 0 radical (unpaired) electrons. The van der Waals surface area contributed by atoms with Gasteiger partial charge in [-0.15, -0.1) is 0 Å². The number of rotatable bonds is 10. The molecule has 8 rings (SSSR count). The Hall–Kier alpha value is -5.87. The molecule has 5 heteroatoms. The predicted molar refractivity (Wildman–Crippen MR) is 224 cm³/mol. The van der Waals surface area contributed by atoms with Crippen LogP contribution in [0, 0.1) is 0 Å². The molecule has 0 atom stereocenters. The van der Waals surface area contributed by atoms with Crippen molar-refractivity contribution in [3.8, 4) is 44.5 Å². The molecular formula is C48H38BO3P. The summed E-state index contributed by atoms with van der Waals surface area (Å²) in [6, 6.07) is 74.7. The summed E-state index contributed by atoms with van der Waals surface area (Å²) in [6.45, 7) is -4.46. The van der Waals surface area contributed by atoms with Crippen LogP contribution in [0.4, 0.5) is 0 Å². The SMILES string of the molecule is OB(O)OP(c1ccc(-c2ccccc2)cc1)(c1ccc(-c2ccccc2)cc1)(c1ccc(-c2ccccc2)cc1)c1ccc(-c2ccccc2)cc1. The molecular weight excluding hydrogens is 666 g/mol. The zero-order chi connectivity index (χ0) is 36.1. The zero-order valence-electron chi connectivity index (χ0n) is 29.1. The summed E-state index contributed by atoms with van der Waals surface area (Å²) in [6.07, 6.45) is 0. The molecule has 0 aliphatic rings. The molecule has 0 aliphatic carbocycles. The fourth-order valence-electron chi connectivity index (χ4n) is 7.60. The van der Waals surface area contributed by atoms with Gasteiger partial charge in [0.05, 0.1) is 0 Å². The van der Waals surface area contributed by atoms with E-state index in [-0.39, 0.29) is 0 Å². The van der Waals surface area contributed by atoms with Gasteiger partial charge in [0, 0.05) is 0 Å². The molecule has 256 valence electrons. The molecule has 0 aromatic heterocycles. The van der Waals surface area contributed by atoms with Crippen LogP contribution >= 0.6 is 6.83 Å². The van der Waals surface area contributed by atoms with Gasteiger partial charge < -0.3 is 0 Å². The third-order valence-corrected chi connectivity index (χ3v) is 15.9. The van der Waals surface area contributed by atoms with E-state index in [4.69, 9.17) is 4.44 Å². The van der Waals surface area contributed by atoms with Gasteiger partial charge in [0.1, 0.15) is 0 Å². The van der Waals surface area contributed by atoms with Gasteiger partial charge in [0.15, 0.2) is 0 Å². The predicted octanol–water partition coefficient (Wildman–Crippen LogP) is 9.41. The maximum absolute atomic E-state index is 11.2. The van der Waals surface area contributed by atoms with Gasteiger partial charge >= 0.3 is 313 Å². The molecule has 0 fully saturated rings. The van der Waals surface area contributed by atoms with Crippen LogP contribution in [0.15, 0.2) is 218 Å². The second-order valence-electron chi connectivity index (χ2n) is 13.1. The van der Waals surface area contributed by atoms with Gasteiger partial charge in [-0.1, -0.05) is 0 Å². The molecule has 3 nitrogen and oxygen atoms in total. The van der Waals surface area contributed by atoms with Crippen LogP contribution in [0.25, 0.3) is 44.5 Å². The summed E-state index contributed by atoms with van der Waals surface area (Å²) in [4.78, 5) is 0. The van der Waals surface area contributed by atoms with Crippen molar-refractivity contribution < 1.29 is 14.5 Å². The summed E-state index contributed by atoms with van der Waals surface area (Å²) in [7, 11) is -2.10. The van der Waals surface area contributed by atoms with E-state index in [0.717, 1.165) is 65.7 Å². The van der Waals surface area contributed by atoms with Crippen molar-refractivity contribution in [1.82, 2.24) is 0 Å². The molecule has 0 aliphatic heterocycles. The van der Waals surface area contributed by atoms with E-state index >= 15 is 0 Å². The van der Waals surface area contributed by atoms with Crippen molar-refractivity contribution in [1.29, 1.82) is 0 Å². The Morgan fingerprint density at radius 1 is 0.264 bits per heavy atom. The van der Waals surface area contributed by atoms with Gasteiger partial charge in [0.25, 0.3) is 0 Å². The topological polar surface area (TPSA) is 49.7 Å². The van der Waals surface area contributed by atoms with E-state index in [2.05, 4.69) is 146 Å². The molecule has 0 amide bonds.